The zero-order chi connectivity index (χ0) is 21.4. The van der Waals surface area contributed by atoms with Gasteiger partial charge in [0.15, 0.2) is 11.5 Å². The summed E-state index contributed by atoms with van der Waals surface area (Å²) in [5, 5.41) is 2.90. The van der Waals surface area contributed by atoms with Crippen molar-refractivity contribution in [3.05, 3.63) is 47.5 Å². The minimum Gasteiger partial charge on any atom is -0.493 e. The molecule has 2 rings (SSSR count). The van der Waals surface area contributed by atoms with Crippen LogP contribution in [0.1, 0.15) is 37.3 Å². The molecule has 6 heteroatoms. The van der Waals surface area contributed by atoms with Crippen LogP contribution in [0, 0.1) is 0 Å². The van der Waals surface area contributed by atoms with Gasteiger partial charge in [-0.2, -0.15) is 0 Å². The quantitative estimate of drug-likeness (QED) is 0.644. The zero-order valence-corrected chi connectivity index (χ0v) is 18.2. The lowest BCUT2D eigenvalue weighted by Crippen LogP contribution is -2.24. The number of amides is 1. The van der Waals surface area contributed by atoms with Crippen LogP contribution in [0.5, 0.6) is 17.2 Å². The molecule has 1 N–H and O–H groups in total. The summed E-state index contributed by atoms with van der Waals surface area (Å²) in [5.74, 6) is 1.96. The van der Waals surface area contributed by atoms with Crippen molar-refractivity contribution in [3.63, 3.8) is 0 Å². The third-order valence-corrected chi connectivity index (χ3v) is 4.77. The van der Waals surface area contributed by atoms with Gasteiger partial charge in [-0.3, -0.25) is 4.79 Å². The van der Waals surface area contributed by atoms with Crippen molar-refractivity contribution < 1.29 is 19.0 Å². The van der Waals surface area contributed by atoms with Gasteiger partial charge in [-0.15, -0.1) is 0 Å². The highest BCUT2D eigenvalue weighted by Crippen LogP contribution is 2.39. The number of methoxy groups -OCH3 is 3. The van der Waals surface area contributed by atoms with Crippen LogP contribution in [-0.4, -0.2) is 45.7 Å². The van der Waals surface area contributed by atoms with Crippen molar-refractivity contribution in [2.45, 2.75) is 32.7 Å². The van der Waals surface area contributed by atoms with Gasteiger partial charge in [-0.25, -0.2) is 0 Å². The molecule has 0 aromatic heterocycles. The lowest BCUT2D eigenvalue weighted by Gasteiger charge is -2.18. The predicted molar refractivity (Wildman–Crippen MR) is 116 cm³/mol. The topological polar surface area (TPSA) is 60.0 Å². The SMILES string of the molecule is COc1cc(NC(=O)CCN(C)Cc2ccc(C(C)C)cc2)cc(OC)c1OC. The van der Waals surface area contributed by atoms with Crippen molar-refractivity contribution in [1.29, 1.82) is 0 Å². The Hall–Kier alpha value is -2.73. The summed E-state index contributed by atoms with van der Waals surface area (Å²) in [6.07, 6.45) is 0.386. The number of carbonyl (C=O) groups excluding carboxylic acids is 1. The molecule has 2 aromatic carbocycles. The normalized spacial score (nSPS) is 10.9. The second kappa shape index (κ2) is 10.7. The van der Waals surface area contributed by atoms with E-state index < -0.39 is 0 Å². The molecule has 0 aliphatic carbocycles. The van der Waals surface area contributed by atoms with Crippen molar-refractivity contribution in [2.75, 3.05) is 40.2 Å². The molecule has 0 fully saturated rings. The summed E-state index contributed by atoms with van der Waals surface area (Å²) in [6, 6.07) is 12.1. The lowest BCUT2D eigenvalue weighted by atomic mass is 10.0. The summed E-state index contributed by atoms with van der Waals surface area (Å²) in [6.45, 7) is 5.83. The molecule has 0 heterocycles. The Morgan fingerprint density at radius 3 is 2.07 bits per heavy atom. The van der Waals surface area contributed by atoms with Crippen molar-refractivity contribution in [3.8, 4) is 17.2 Å². The van der Waals surface area contributed by atoms with E-state index in [2.05, 4.69) is 48.3 Å². The Bertz CT molecular complexity index is 778. The zero-order valence-electron chi connectivity index (χ0n) is 18.2. The molecular formula is C23H32N2O4. The monoisotopic (exact) mass is 400 g/mol. The fraction of sp³-hybridized carbons (Fsp3) is 0.435. The third-order valence-electron chi connectivity index (χ3n) is 4.77. The summed E-state index contributed by atoms with van der Waals surface area (Å²) >= 11 is 0. The van der Waals surface area contributed by atoms with Gasteiger partial charge in [0.2, 0.25) is 11.7 Å². The van der Waals surface area contributed by atoms with Gasteiger partial charge in [-0.05, 0) is 24.1 Å². The third kappa shape index (κ3) is 6.39. The Labute approximate surface area is 173 Å². The second-order valence-electron chi connectivity index (χ2n) is 7.35. The van der Waals surface area contributed by atoms with Gasteiger partial charge >= 0.3 is 0 Å². The van der Waals surface area contributed by atoms with E-state index in [0.717, 1.165) is 6.54 Å². The Balaban J connectivity index is 1.90. The van der Waals surface area contributed by atoms with E-state index in [1.165, 1.54) is 11.1 Å². The molecule has 158 valence electrons. The average molecular weight is 401 g/mol. The highest BCUT2D eigenvalue weighted by molar-refractivity contribution is 5.91. The van der Waals surface area contributed by atoms with Crippen LogP contribution >= 0.6 is 0 Å². The number of nitrogens with one attached hydrogen (secondary N) is 1. The minimum absolute atomic E-state index is 0.0683. The van der Waals surface area contributed by atoms with E-state index in [1.807, 2.05) is 7.05 Å². The first-order valence-corrected chi connectivity index (χ1v) is 9.75. The van der Waals surface area contributed by atoms with Crippen LogP contribution in [0.25, 0.3) is 0 Å². The number of carbonyl (C=O) groups is 1. The van der Waals surface area contributed by atoms with E-state index >= 15 is 0 Å². The predicted octanol–water partition coefficient (Wildman–Crippen LogP) is 4.30. The maximum Gasteiger partial charge on any atom is 0.225 e. The molecular weight excluding hydrogens is 368 g/mol. The van der Waals surface area contributed by atoms with Crippen LogP contribution in [0.3, 0.4) is 0 Å². The van der Waals surface area contributed by atoms with Gasteiger partial charge < -0.3 is 24.4 Å². The fourth-order valence-electron chi connectivity index (χ4n) is 3.07. The molecule has 0 aliphatic rings. The number of anilines is 1. The number of ether oxygens (including phenoxy) is 3. The summed E-state index contributed by atoms with van der Waals surface area (Å²) in [4.78, 5) is 14.5. The van der Waals surface area contributed by atoms with Crippen LogP contribution < -0.4 is 19.5 Å². The van der Waals surface area contributed by atoms with E-state index in [-0.39, 0.29) is 5.91 Å². The maximum atomic E-state index is 12.4. The highest BCUT2D eigenvalue weighted by atomic mass is 16.5. The first kappa shape index (κ1) is 22.6. The summed E-state index contributed by atoms with van der Waals surface area (Å²) in [5.41, 5.74) is 3.18. The molecule has 0 atom stereocenters. The number of nitrogens with zero attached hydrogens (tertiary/aromatic N) is 1. The Kier molecular flexibility index (Phi) is 8.34. The van der Waals surface area contributed by atoms with Gasteiger partial charge in [0.25, 0.3) is 0 Å². The molecule has 0 radical (unpaired) electrons. The molecule has 0 bridgehead atoms. The molecule has 0 aliphatic heterocycles. The number of rotatable bonds is 10. The van der Waals surface area contributed by atoms with Crippen LogP contribution in [0.2, 0.25) is 0 Å². The molecule has 1 amide bonds. The molecule has 2 aromatic rings. The molecule has 0 saturated carbocycles. The van der Waals surface area contributed by atoms with E-state index in [0.29, 0.717) is 41.8 Å². The first-order valence-electron chi connectivity index (χ1n) is 9.75. The minimum atomic E-state index is -0.0683. The lowest BCUT2D eigenvalue weighted by molar-refractivity contribution is -0.116. The number of hydrogen-bond donors (Lipinski definition) is 1. The molecule has 29 heavy (non-hydrogen) atoms. The average Bonchev–Trinajstić information content (AvgIpc) is 2.71. The fourth-order valence-corrected chi connectivity index (χ4v) is 3.07. The van der Waals surface area contributed by atoms with Crippen LogP contribution in [-0.2, 0) is 11.3 Å². The standard InChI is InChI=1S/C23H32N2O4/c1-16(2)18-9-7-17(8-10-18)15-25(3)12-11-22(26)24-19-13-20(27-4)23(29-6)21(14-19)28-5/h7-10,13-14,16H,11-12,15H2,1-6H3,(H,24,26). The van der Waals surface area contributed by atoms with Gasteiger partial charge in [0, 0.05) is 37.3 Å². The second-order valence-corrected chi connectivity index (χ2v) is 7.35. The summed E-state index contributed by atoms with van der Waals surface area (Å²) in [7, 11) is 6.66. The number of hydrogen-bond acceptors (Lipinski definition) is 5. The summed E-state index contributed by atoms with van der Waals surface area (Å²) < 4.78 is 16.0. The van der Waals surface area contributed by atoms with Gasteiger partial charge in [-0.1, -0.05) is 38.1 Å². The molecule has 0 spiro atoms. The Morgan fingerprint density at radius 2 is 1.59 bits per heavy atom. The Morgan fingerprint density at radius 1 is 1.00 bits per heavy atom. The van der Waals surface area contributed by atoms with Crippen molar-refractivity contribution in [2.24, 2.45) is 0 Å². The van der Waals surface area contributed by atoms with Gasteiger partial charge in [0.1, 0.15) is 0 Å². The molecule has 0 unspecified atom stereocenters. The van der Waals surface area contributed by atoms with E-state index in [1.54, 1.807) is 33.5 Å². The van der Waals surface area contributed by atoms with Crippen LogP contribution in [0.15, 0.2) is 36.4 Å². The number of benzene rings is 2. The molecule has 0 saturated heterocycles. The smallest absolute Gasteiger partial charge is 0.225 e. The van der Waals surface area contributed by atoms with Crippen molar-refractivity contribution in [1.82, 2.24) is 4.90 Å². The van der Waals surface area contributed by atoms with Crippen LogP contribution in [0.4, 0.5) is 5.69 Å². The van der Waals surface area contributed by atoms with Gasteiger partial charge in [0.05, 0.1) is 21.3 Å². The van der Waals surface area contributed by atoms with E-state index in [9.17, 15) is 4.79 Å². The maximum absolute atomic E-state index is 12.4. The van der Waals surface area contributed by atoms with E-state index in [4.69, 9.17) is 14.2 Å². The largest absolute Gasteiger partial charge is 0.493 e. The first-order chi connectivity index (χ1) is 13.9. The highest BCUT2D eigenvalue weighted by Gasteiger charge is 2.14. The van der Waals surface area contributed by atoms with Crippen molar-refractivity contribution >= 4 is 11.6 Å². The molecule has 6 nitrogen and oxygen atoms in total.